The first-order valence-electron chi connectivity index (χ1n) is 8.70. The van der Waals surface area contributed by atoms with Crippen molar-refractivity contribution in [2.45, 2.75) is 78.1 Å². The lowest BCUT2D eigenvalue weighted by Crippen LogP contribution is -2.36. The maximum atomic E-state index is 5.69. The molecule has 0 atom stereocenters. The molecule has 0 amide bonds. The van der Waals surface area contributed by atoms with Crippen LogP contribution in [0.2, 0.25) is 0 Å². The van der Waals surface area contributed by atoms with Crippen LogP contribution in [0.15, 0.2) is 23.6 Å². The molecule has 124 valence electrons. The molecule has 21 heavy (non-hydrogen) atoms. The van der Waals surface area contributed by atoms with Gasteiger partial charge in [-0.15, -0.1) is 0 Å². The van der Waals surface area contributed by atoms with Crippen molar-refractivity contribution in [3.63, 3.8) is 0 Å². The maximum absolute atomic E-state index is 5.69. The van der Waals surface area contributed by atoms with Gasteiger partial charge < -0.3 is 8.85 Å². The van der Waals surface area contributed by atoms with Crippen molar-refractivity contribution in [1.82, 2.24) is 0 Å². The molecule has 3 heteroatoms. The topological polar surface area (TPSA) is 18.5 Å². The van der Waals surface area contributed by atoms with Crippen LogP contribution in [0.4, 0.5) is 0 Å². The van der Waals surface area contributed by atoms with Crippen molar-refractivity contribution in [2.24, 2.45) is 0 Å². The molecular weight excluding hydrogens is 276 g/mol. The van der Waals surface area contributed by atoms with Gasteiger partial charge in [0.25, 0.3) is 0 Å². The number of hydrogen-bond donors (Lipinski definition) is 0. The van der Waals surface area contributed by atoms with Gasteiger partial charge in [-0.25, -0.2) is 0 Å². The summed E-state index contributed by atoms with van der Waals surface area (Å²) in [6, 6.07) is 0. The third kappa shape index (κ3) is 10.9. The van der Waals surface area contributed by atoms with E-state index in [9.17, 15) is 0 Å². The molecule has 0 fully saturated rings. The fourth-order valence-corrected chi connectivity index (χ4v) is 4.10. The summed E-state index contributed by atoms with van der Waals surface area (Å²) >= 11 is 0. The molecule has 0 aromatic carbocycles. The highest BCUT2D eigenvalue weighted by molar-refractivity contribution is 6.77. The zero-order chi connectivity index (χ0) is 15.8. The fourth-order valence-electron chi connectivity index (χ4n) is 2.28. The van der Waals surface area contributed by atoms with Crippen LogP contribution < -0.4 is 0 Å². The van der Waals surface area contributed by atoms with Gasteiger partial charge in [0, 0.05) is 14.2 Å². The Kier molecular flexibility index (Phi) is 14.3. The van der Waals surface area contributed by atoms with Crippen LogP contribution >= 0.6 is 0 Å². The quantitative estimate of drug-likeness (QED) is 0.296. The Morgan fingerprint density at radius 1 is 0.667 bits per heavy atom. The number of rotatable bonds is 14. The Bertz CT molecular complexity index is 246. The minimum Gasteiger partial charge on any atom is -0.392 e. The minimum absolute atomic E-state index is 1.13. The van der Waals surface area contributed by atoms with Gasteiger partial charge in [0.05, 0.1) is 0 Å². The zero-order valence-corrected chi connectivity index (χ0v) is 15.7. The van der Waals surface area contributed by atoms with Crippen molar-refractivity contribution in [3.8, 4) is 0 Å². The normalized spacial score (nSPS) is 12.8. The molecule has 0 bridgehead atoms. The lowest BCUT2D eigenvalue weighted by Gasteiger charge is -2.19. The maximum Gasteiger partial charge on any atom is 0.390 e. The number of unbranched alkanes of at least 4 members (excludes halogenated alkanes) is 8. The van der Waals surface area contributed by atoms with E-state index in [2.05, 4.69) is 37.4 Å². The van der Waals surface area contributed by atoms with Crippen molar-refractivity contribution in [1.29, 1.82) is 0 Å². The Morgan fingerprint density at radius 2 is 1.10 bits per heavy atom. The van der Waals surface area contributed by atoms with E-state index in [1.807, 2.05) is 0 Å². The average molecular weight is 313 g/mol. The van der Waals surface area contributed by atoms with Gasteiger partial charge >= 0.3 is 8.56 Å². The van der Waals surface area contributed by atoms with E-state index < -0.39 is 8.56 Å². The highest BCUT2D eigenvalue weighted by Gasteiger charge is 2.28. The molecule has 0 aromatic rings. The Balaban J connectivity index is 4.15. The Morgan fingerprint density at radius 3 is 1.43 bits per heavy atom. The summed E-state index contributed by atoms with van der Waals surface area (Å²) in [5, 5.41) is 0. The number of allylic oxidation sites excluding steroid dienone is 2. The second-order valence-corrected chi connectivity index (χ2v) is 8.56. The largest absolute Gasteiger partial charge is 0.392 e. The molecule has 0 unspecified atom stereocenters. The summed E-state index contributed by atoms with van der Waals surface area (Å²) in [4.78, 5) is 0. The predicted molar refractivity (Wildman–Crippen MR) is 95.6 cm³/mol. The van der Waals surface area contributed by atoms with Gasteiger partial charge in [0.15, 0.2) is 0 Å². The molecule has 2 nitrogen and oxygen atoms in total. The van der Waals surface area contributed by atoms with E-state index in [-0.39, 0.29) is 0 Å². The van der Waals surface area contributed by atoms with Crippen LogP contribution in [0.3, 0.4) is 0 Å². The highest BCUT2D eigenvalue weighted by atomic mass is 28.4. The molecule has 0 saturated carbocycles. The smallest absolute Gasteiger partial charge is 0.390 e. The third-order valence-corrected chi connectivity index (χ3v) is 6.46. The van der Waals surface area contributed by atoms with Crippen LogP contribution in [-0.4, -0.2) is 22.8 Å². The molecule has 0 spiro atoms. The van der Waals surface area contributed by atoms with Crippen molar-refractivity contribution in [2.75, 3.05) is 14.2 Å². The van der Waals surface area contributed by atoms with E-state index in [1.165, 1.54) is 51.4 Å². The highest BCUT2D eigenvalue weighted by Crippen LogP contribution is 2.13. The van der Waals surface area contributed by atoms with Gasteiger partial charge in [0.1, 0.15) is 0 Å². The second kappa shape index (κ2) is 14.5. The first kappa shape index (κ1) is 20.6. The molecular formula is C18H36O2Si. The molecule has 0 aromatic heterocycles. The third-order valence-electron chi connectivity index (χ3n) is 3.79. The molecule has 0 aliphatic carbocycles. The molecule has 0 aliphatic heterocycles. The van der Waals surface area contributed by atoms with E-state index in [4.69, 9.17) is 8.85 Å². The number of hydrogen-bond acceptors (Lipinski definition) is 2. The van der Waals surface area contributed by atoms with E-state index in [1.54, 1.807) is 14.2 Å². The summed E-state index contributed by atoms with van der Waals surface area (Å²) in [7, 11) is 1.28. The molecule has 0 N–H and O–H groups in total. The molecule has 0 rings (SSSR count). The van der Waals surface area contributed by atoms with Crippen molar-refractivity contribution < 1.29 is 8.85 Å². The summed E-state index contributed by atoms with van der Waals surface area (Å²) in [5.41, 5.74) is 4.36. The Hall–Kier alpha value is -0.383. The summed E-state index contributed by atoms with van der Waals surface area (Å²) in [5.74, 6) is 0. The molecule has 0 saturated heterocycles. The standard InChI is InChI=1S/C18H36O2Si/c1-5-7-9-11-13-15-17-21(19-3,20-4)18-16-14-12-10-8-6-2/h15-18H,5-14H2,1-4H3. The van der Waals surface area contributed by atoms with E-state index in [0.29, 0.717) is 0 Å². The first-order chi connectivity index (χ1) is 10.2. The summed E-state index contributed by atoms with van der Waals surface area (Å²) in [6.45, 7) is 4.49. The van der Waals surface area contributed by atoms with Gasteiger partial charge in [-0.1, -0.05) is 64.5 Å². The average Bonchev–Trinajstić information content (AvgIpc) is 2.52. The van der Waals surface area contributed by atoms with Crippen molar-refractivity contribution in [3.05, 3.63) is 23.6 Å². The van der Waals surface area contributed by atoms with Crippen LogP contribution in [-0.2, 0) is 8.85 Å². The zero-order valence-electron chi connectivity index (χ0n) is 14.7. The molecule has 0 radical (unpaired) electrons. The van der Waals surface area contributed by atoms with Gasteiger partial charge in [-0.2, -0.15) is 0 Å². The fraction of sp³-hybridized carbons (Fsp3) is 0.778. The van der Waals surface area contributed by atoms with Gasteiger partial charge in [0.2, 0.25) is 0 Å². The van der Waals surface area contributed by atoms with Crippen LogP contribution in [0.25, 0.3) is 0 Å². The van der Waals surface area contributed by atoms with Crippen LogP contribution in [0.1, 0.15) is 78.1 Å². The van der Waals surface area contributed by atoms with Gasteiger partial charge in [-0.05, 0) is 37.1 Å². The SMILES string of the molecule is CCCCCCC=C[Si](C=CCCCCCC)(OC)OC. The van der Waals surface area contributed by atoms with E-state index in [0.717, 1.165) is 12.8 Å². The Labute approximate surface area is 133 Å². The monoisotopic (exact) mass is 312 g/mol. The lowest BCUT2D eigenvalue weighted by atomic mass is 10.2. The lowest BCUT2D eigenvalue weighted by molar-refractivity contribution is 0.269. The van der Waals surface area contributed by atoms with Crippen LogP contribution in [0.5, 0.6) is 0 Å². The second-order valence-electron chi connectivity index (χ2n) is 5.63. The predicted octanol–water partition coefficient (Wildman–Crippen LogP) is 5.85. The summed E-state index contributed by atoms with van der Waals surface area (Å²) in [6.07, 6.45) is 17.2. The summed E-state index contributed by atoms with van der Waals surface area (Å²) < 4.78 is 11.4. The van der Waals surface area contributed by atoms with Crippen molar-refractivity contribution >= 4 is 8.56 Å². The van der Waals surface area contributed by atoms with Gasteiger partial charge in [-0.3, -0.25) is 0 Å². The molecule has 0 heterocycles. The molecule has 0 aliphatic rings. The van der Waals surface area contributed by atoms with Crippen LogP contribution in [0, 0.1) is 0 Å². The minimum atomic E-state index is -2.24. The van der Waals surface area contributed by atoms with E-state index >= 15 is 0 Å². The first-order valence-corrected chi connectivity index (χ1v) is 10.7.